The second-order valence-corrected chi connectivity index (χ2v) is 4.96. The van der Waals surface area contributed by atoms with E-state index in [1.54, 1.807) is 0 Å². The number of hydrogen-bond acceptors (Lipinski definition) is 5. The molecule has 118 valence electrons. The number of carbonyl (C=O) groups is 1. The third-order valence-corrected chi connectivity index (χ3v) is 2.71. The molecule has 0 aliphatic heterocycles. The Kier molecular flexibility index (Phi) is 8.47. The maximum atomic E-state index is 10.1. The SMILES string of the molecule is CC(COC=O)OCC(C)OCC(C)Oc1ccccc1. The first-order chi connectivity index (χ1) is 10.1. The lowest BCUT2D eigenvalue weighted by atomic mass is 10.3. The molecule has 0 saturated carbocycles. The van der Waals surface area contributed by atoms with E-state index in [1.807, 2.05) is 51.1 Å². The molecule has 0 saturated heterocycles. The average Bonchev–Trinajstić information content (AvgIpc) is 2.49. The van der Waals surface area contributed by atoms with Crippen molar-refractivity contribution >= 4 is 6.47 Å². The van der Waals surface area contributed by atoms with Crippen molar-refractivity contribution in [3.05, 3.63) is 30.3 Å². The number of para-hydroxylation sites is 1. The second-order valence-electron chi connectivity index (χ2n) is 4.96. The van der Waals surface area contributed by atoms with E-state index in [9.17, 15) is 4.79 Å². The predicted molar refractivity (Wildman–Crippen MR) is 79.4 cm³/mol. The van der Waals surface area contributed by atoms with Crippen LogP contribution in [0, 0.1) is 0 Å². The molecule has 0 bridgehead atoms. The van der Waals surface area contributed by atoms with Crippen LogP contribution in [-0.4, -0.2) is 44.6 Å². The summed E-state index contributed by atoms with van der Waals surface area (Å²) in [5, 5.41) is 0. The third kappa shape index (κ3) is 8.32. The molecule has 3 atom stereocenters. The van der Waals surface area contributed by atoms with Gasteiger partial charge in [-0.15, -0.1) is 0 Å². The van der Waals surface area contributed by atoms with Crippen molar-refractivity contribution in [3.8, 4) is 5.75 Å². The molecule has 0 amide bonds. The lowest BCUT2D eigenvalue weighted by Crippen LogP contribution is -2.27. The first kappa shape index (κ1) is 17.5. The summed E-state index contributed by atoms with van der Waals surface area (Å²) in [6, 6.07) is 9.64. The van der Waals surface area contributed by atoms with E-state index in [0.717, 1.165) is 5.75 Å². The molecule has 5 nitrogen and oxygen atoms in total. The standard InChI is InChI=1S/C16H24O5/c1-13(9-18-12-17)19-10-14(2)20-11-15(3)21-16-7-5-4-6-8-16/h4-8,12-15H,9-11H2,1-3H3. The molecule has 5 heteroatoms. The van der Waals surface area contributed by atoms with Crippen LogP contribution in [0.5, 0.6) is 5.75 Å². The maximum absolute atomic E-state index is 10.1. The lowest BCUT2D eigenvalue weighted by Gasteiger charge is -2.20. The fourth-order valence-electron chi connectivity index (χ4n) is 1.64. The van der Waals surface area contributed by atoms with Gasteiger partial charge >= 0.3 is 0 Å². The summed E-state index contributed by atoms with van der Waals surface area (Å²) in [5.41, 5.74) is 0. The quantitative estimate of drug-likeness (QED) is 0.587. The van der Waals surface area contributed by atoms with Gasteiger partial charge in [0.2, 0.25) is 0 Å². The van der Waals surface area contributed by atoms with Crippen LogP contribution in [-0.2, 0) is 19.0 Å². The fourth-order valence-corrected chi connectivity index (χ4v) is 1.64. The van der Waals surface area contributed by atoms with Crippen LogP contribution in [0.2, 0.25) is 0 Å². The molecular weight excluding hydrogens is 272 g/mol. The largest absolute Gasteiger partial charge is 0.488 e. The van der Waals surface area contributed by atoms with Crippen molar-refractivity contribution in [2.24, 2.45) is 0 Å². The Morgan fingerprint density at radius 3 is 2.10 bits per heavy atom. The van der Waals surface area contributed by atoms with Gasteiger partial charge < -0.3 is 18.9 Å². The van der Waals surface area contributed by atoms with Gasteiger partial charge in [0.15, 0.2) is 0 Å². The van der Waals surface area contributed by atoms with Crippen molar-refractivity contribution in [1.29, 1.82) is 0 Å². The molecule has 0 spiro atoms. The van der Waals surface area contributed by atoms with E-state index in [1.165, 1.54) is 0 Å². The molecule has 0 N–H and O–H groups in total. The average molecular weight is 296 g/mol. The minimum atomic E-state index is -0.140. The second kappa shape index (κ2) is 10.2. The Morgan fingerprint density at radius 2 is 1.48 bits per heavy atom. The molecule has 1 aromatic carbocycles. The number of benzene rings is 1. The maximum Gasteiger partial charge on any atom is 0.293 e. The predicted octanol–water partition coefficient (Wildman–Crippen LogP) is 2.44. The summed E-state index contributed by atoms with van der Waals surface area (Å²) in [6.07, 6.45) is -0.226. The molecule has 3 unspecified atom stereocenters. The molecule has 1 rings (SSSR count). The summed E-state index contributed by atoms with van der Waals surface area (Å²) in [4.78, 5) is 10.1. The zero-order valence-corrected chi connectivity index (χ0v) is 12.9. The topological polar surface area (TPSA) is 54.0 Å². The van der Waals surface area contributed by atoms with Gasteiger partial charge in [0.1, 0.15) is 18.5 Å². The first-order valence-electron chi connectivity index (χ1n) is 7.12. The van der Waals surface area contributed by atoms with Gasteiger partial charge in [0, 0.05) is 0 Å². The van der Waals surface area contributed by atoms with Crippen LogP contribution in [0.15, 0.2) is 30.3 Å². The molecule has 0 aliphatic carbocycles. The van der Waals surface area contributed by atoms with Gasteiger partial charge in [-0.2, -0.15) is 0 Å². The highest BCUT2D eigenvalue weighted by Crippen LogP contribution is 2.11. The number of ether oxygens (including phenoxy) is 4. The Morgan fingerprint density at radius 1 is 0.905 bits per heavy atom. The van der Waals surface area contributed by atoms with Gasteiger partial charge in [-0.1, -0.05) is 18.2 Å². The molecule has 0 fully saturated rings. The molecule has 0 radical (unpaired) electrons. The molecule has 0 aliphatic rings. The van der Waals surface area contributed by atoms with E-state index < -0.39 is 0 Å². The van der Waals surface area contributed by atoms with E-state index in [2.05, 4.69) is 4.74 Å². The number of hydrogen-bond donors (Lipinski definition) is 0. The van der Waals surface area contributed by atoms with Crippen molar-refractivity contribution < 1.29 is 23.7 Å². The zero-order valence-electron chi connectivity index (χ0n) is 12.9. The van der Waals surface area contributed by atoms with Gasteiger partial charge in [-0.25, -0.2) is 0 Å². The highest BCUT2D eigenvalue weighted by atomic mass is 16.6. The lowest BCUT2D eigenvalue weighted by molar-refractivity contribution is -0.133. The molecule has 1 aromatic rings. The van der Waals surface area contributed by atoms with Crippen LogP contribution in [0.4, 0.5) is 0 Å². The van der Waals surface area contributed by atoms with Crippen LogP contribution < -0.4 is 4.74 Å². The van der Waals surface area contributed by atoms with E-state index in [0.29, 0.717) is 19.7 Å². The van der Waals surface area contributed by atoms with E-state index in [4.69, 9.17) is 14.2 Å². The molecule has 21 heavy (non-hydrogen) atoms. The number of carbonyl (C=O) groups excluding carboxylic acids is 1. The van der Waals surface area contributed by atoms with Crippen LogP contribution in [0.1, 0.15) is 20.8 Å². The van der Waals surface area contributed by atoms with Crippen LogP contribution >= 0.6 is 0 Å². The van der Waals surface area contributed by atoms with Crippen LogP contribution in [0.3, 0.4) is 0 Å². The minimum absolute atomic E-state index is 0.0364. The van der Waals surface area contributed by atoms with E-state index >= 15 is 0 Å². The number of rotatable bonds is 11. The third-order valence-electron chi connectivity index (χ3n) is 2.71. The van der Waals surface area contributed by atoms with Crippen molar-refractivity contribution in [2.75, 3.05) is 19.8 Å². The fraction of sp³-hybridized carbons (Fsp3) is 0.562. The van der Waals surface area contributed by atoms with Crippen molar-refractivity contribution in [3.63, 3.8) is 0 Å². The summed E-state index contributed by atoms with van der Waals surface area (Å²) in [7, 11) is 0. The molecule has 0 aromatic heterocycles. The van der Waals surface area contributed by atoms with Crippen molar-refractivity contribution in [2.45, 2.75) is 39.1 Å². The monoisotopic (exact) mass is 296 g/mol. The van der Waals surface area contributed by atoms with Gasteiger partial charge in [-0.3, -0.25) is 4.79 Å². The summed E-state index contributed by atoms with van der Waals surface area (Å²) in [6.45, 7) is 7.34. The Bertz CT molecular complexity index is 382. The highest BCUT2D eigenvalue weighted by Gasteiger charge is 2.10. The highest BCUT2D eigenvalue weighted by molar-refractivity contribution is 5.36. The Hall–Kier alpha value is -1.59. The normalized spacial score (nSPS) is 15.0. The smallest absolute Gasteiger partial charge is 0.293 e. The summed E-state index contributed by atoms with van der Waals surface area (Å²) >= 11 is 0. The van der Waals surface area contributed by atoms with Crippen LogP contribution in [0.25, 0.3) is 0 Å². The summed E-state index contributed by atoms with van der Waals surface area (Å²) < 4.78 is 21.5. The Labute approximate surface area is 126 Å². The van der Waals surface area contributed by atoms with Gasteiger partial charge in [-0.05, 0) is 32.9 Å². The van der Waals surface area contributed by atoms with Gasteiger partial charge in [0.25, 0.3) is 6.47 Å². The summed E-state index contributed by atoms with van der Waals surface area (Å²) in [5.74, 6) is 0.831. The molecule has 0 heterocycles. The first-order valence-corrected chi connectivity index (χ1v) is 7.12. The van der Waals surface area contributed by atoms with Gasteiger partial charge in [0.05, 0.1) is 25.4 Å². The van der Waals surface area contributed by atoms with E-state index in [-0.39, 0.29) is 24.9 Å². The zero-order chi connectivity index (χ0) is 15.5. The Balaban J connectivity index is 2.14. The molecular formula is C16H24O5. The van der Waals surface area contributed by atoms with Crippen molar-refractivity contribution in [1.82, 2.24) is 0 Å². The minimum Gasteiger partial charge on any atom is -0.488 e.